The molecule has 0 spiro atoms. The van der Waals surface area contributed by atoms with E-state index in [-0.39, 0.29) is 11.9 Å². The summed E-state index contributed by atoms with van der Waals surface area (Å²) in [6, 6.07) is 7.16. The van der Waals surface area contributed by atoms with Crippen molar-refractivity contribution in [2.45, 2.75) is 0 Å². The molecule has 0 bridgehead atoms. The van der Waals surface area contributed by atoms with Crippen LogP contribution in [-0.4, -0.2) is 76.1 Å². The minimum absolute atomic E-state index is 0.0898. The Morgan fingerprint density at radius 2 is 1.87 bits per heavy atom. The number of nitrogens with zero attached hydrogens (tertiary/aromatic N) is 7. The van der Waals surface area contributed by atoms with Crippen LogP contribution in [0, 0.1) is 0 Å². The molecule has 1 aliphatic rings. The van der Waals surface area contributed by atoms with E-state index in [2.05, 4.69) is 30.2 Å². The predicted molar refractivity (Wildman–Crippen MR) is 116 cm³/mol. The van der Waals surface area contributed by atoms with Crippen LogP contribution in [0.2, 0.25) is 0 Å². The lowest BCUT2D eigenvalue weighted by Crippen LogP contribution is -2.37. The van der Waals surface area contributed by atoms with E-state index in [9.17, 15) is 4.79 Å². The zero-order valence-corrected chi connectivity index (χ0v) is 17.3. The molecule has 0 aliphatic carbocycles. The normalized spacial score (nSPS) is 13.7. The fourth-order valence-electron chi connectivity index (χ4n) is 3.03. The van der Waals surface area contributed by atoms with Crippen molar-refractivity contribution in [2.75, 3.05) is 56.3 Å². The van der Waals surface area contributed by atoms with Crippen LogP contribution in [0.4, 0.5) is 23.5 Å². The molecule has 1 amide bonds. The molecule has 0 atom stereocenters. The average molecular weight is 421 g/mol. The van der Waals surface area contributed by atoms with Gasteiger partial charge in [0.15, 0.2) is 5.82 Å². The smallest absolute Gasteiger partial charge is 0.253 e. The van der Waals surface area contributed by atoms with Crippen LogP contribution in [0.5, 0.6) is 0 Å². The number of carbonyl (C=O) groups excluding carboxylic acids is 1. The number of carbonyl (C=O) groups is 1. The van der Waals surface area contributed by atoms with Crippen LogP contribution < -0.4 is 16.0 Å². The van der Waals surface area contributed by atoms with E-state index in [0.29, 0.717) is 60.8 Å². The third-order valence-electron chi connectivity index (χ3n) is 4.62. The number of anilines is 4. The number of morpholine rings is 1. The number of amides is 1. The molecular formula is C20H23N9O2. The molecule has 4 rings (SSSR count). The van der Waals surface area contributed by atoms with Gasteiger partial charge in [0.25, 0.3) is 5.91 Å². The Bertz CT molecular complexity index is 1070. The second kappa shape index (κ2) is 8.88. The van der Waals surface area contributed by atoms with E-state index < -0.39 is 0 Å². The lowest BCUT2D eigenvalue weighted by Gasteiger charge is -2.27. The van der Waals surface area contributed by atoms with E-state index >= 15 is 0 Å². The molecule has 1 aliphatic heterocycles. The molecular weight excluding hydrogens is 398 g/mol. The maximum absolute atomic E-state index is 12.3. The number of aromatic nitrogens is 5. The summed E-state index contributed by atoms with van der Waals surface area (Å²) in [6.07, 6.45) is 3.14. The fraction of sp³-hybridized carbons (Fsp3) is 0.300. The minimum atomic E-state index is -0.0898. The van der Waals surface area contributed by atoms with E-state index in [0.717, 1.165) is 0 Å². The maximum Gasteiger partial charge on any atom is 0.253 e. The van der Waals surface area contributed by atoms with Crippen molar-refractivity contribution in [3.8, 4) is 11.4 Å². The lowest BCUT2D eigenvalue weighted by atomic mass is 10.2. The van der Waals surface area contributed by atoms with Crippen molar-refractivity contribution in [3.63, 3.8) is 0 Å². The summed E-state index contributed by atoms with van der Waals surface area (Å²) in [6.45, 7) is 2.55. The number of ether oxygens (including phenoxy) is 1. The first kappa shape index (κ1) is 20.4. The molecule has 31 heavy (non-hydrogen) atoms. The zero-order valence-electron chi connectivity index (χ0n) is 17.3. The summed E-state index contributed by atoms with van der Waals surface area (Å²) in [5, 5.41) is 3.18. The second-order valence-corrected chi connectivity index (χ2v) is 7.12. The van der Waals surface area contributed by atoms with Gasteiger partial charge in [0.2, 0.25) is 17.8 Å². The van der Waals surface area contributed by atoms with Gasteiger partial charge in [0.05, 0.1) is 18.8 Å². The minimum Gasteiger partial charge on any atom is -0.378 e. The number of hydrogen-bond donors (Lipinski definition) is 2. The summed E-state index contributed by atoms with van der Waals surface area (Å²) >= 11 is 0. The van der Waals surface area contributed by atoms with Crippen LogP contribution in [0.1, 0.15) is 10.4 Å². The van der Waals surface area contributed by atoms with Gasteiger partial charge in [-0.1, -0.05) is 6.07 Å². The number of benzene rings is 1. The molecule has 3 N–H and O–H groups in total. The van der Waals surface area contributed by atoms with E-state index in [1.165, 1.54) is 4.90 Å². The first-order chi connectivity index (χ1) is 15.0. The molecule has 1 aromatic carbocycles. The van der Waals surface area contributed by atoms with Gasteiger partial charge in [-0.05, 0) is 18.2 Å². The second-order valence-electron chi connectivity index (χ2n) is 7.12. The van der Waals surface area contributed by atoms with Gasteiger partial charge in [-0.3, -0.25) is 4.79 Å². The number of hydrogen-bond acceptors (Lipinski definition) is 10. The van der Waals surface area contributed by atoms with Gasteiger partial charge in [-0.15, -0.1) is 0 Å². The quantitative estimate of drug-likeness (QED) is 0.618. The molecule has 1 fully saturated rings. The number of nitrogen functional groups attached to an aromatic ring is 1. The van der Waals surface area contributed by atoms with Crippen LogP contribution in [0.3, 0.4) is 0 Å². The summed E-state index contributed by atoms with van der Waals surface area (Å²) in [4.78, 5) is 37.6. The molecule has 2 aromatic heterocycles. The van der Waals surface area contributed by atoms with Gasteiger partial charge in [-0.25, -0.2) is 9.97 Å². The zero-order chi connectivity index (χ0) is 21.8. The van der Waals surface area contributed by atoms with Crippen LogP contribution >= 0.6 is 0 Å². The highest BCUT2D eigenvalue weighted by molar-refractivity contribution is 5.94. The van der Waals surface area contributed by atoms with Gasteiger partial charge >= 0.3 is 0 Å². The molecule has 160 valence electrons. The fourth-order valence-corrected chi connectivity index (χ4v) is 3.03. The molecule has 3 heterocycles. The first-order valence-electron chi connectivity index (χ1n) is 9.75. The Balaban J connectivity index is 1.69. The SMILES string of the molecule is CN(C)C(=O)c1cccc(Nc2nc(-c3cnc(N)nc3)nc(N3CCOCC3)n2)c1. The predicted octanol–water partition coefficient (Wildman–Crippen LogP) is 1.19. The molecule has 3 aromatic rings. The Morgan fingerprint density at radius 3 is 2.58 bits per heavy atom. The highest BCUT2D eigenvalue weighted by Crippen LogP contribution is 2.22. The summed E-state index contributed by atoms with van der Waals surface area (Å²) in [5.74, 6) is 1.37. The highest BCUT2D eigenvalue weighted by Gasteiger charge is 2.18. The summed E-state index contributed by atoms with van der Waals surface area (Å²) in [7, 11) is 3.42. The number of rotatable bonds is 5. The van der Waals surface area contributed by atoms with Crippen molar-refractivity contribution in [1.82, 2.24) is 29.8 Å². The van der Waals surface area contributed by atoms with E-state index in [1.807, 2.05) is 11.0 Å². The van der Waals surface area contributed by atoms with Crippen molar-refractivity contribution in [1.29, 1.82) is 0 Å². The van der Waals surface area contributed by atoms with Crippen molar-refractivity contribution in [3.05, 3.63) is 42.2 Å². The Hall–Kier alpha value is -3.86. The van der Waals surface area contributed by atoms with Crippen molar-refractivity contribution < 1.29 is 9.53 Å². The third kappa shape index (κ3) is 4.83. The van der Waals surface area contributed by atoms with Gasteiger partial charge in [0.1, 0.15) is 0 Å². The van der Waals surface area contributed by atoms with Crippen LogP contribution in [0.25, 0.3) is 11.4 Å². The van der Waals surface area contributed by atoms with Gasteiger partial charge in [-0.2, -0.15) is 15.0 Å². The standard InChI is InChI=1S/C20H23N9O2/c1-28(2)17(30)13-4-3-5-15(10-13)24-19-25-16(14-11-22-18(21)23-12-14)26-20(27-19)29-6-8-31-9-7-29/h3-5,10-12H,6-9H2,1-2H3,(H2,21,22,23)(H,24,25,26,27). The molecule has 0 unspecified atom stereocenters. The van der Waals surface area contributed by atoms with Crippen LogP contribution in [0.15, 0.2) is 36.7 Å². The number of nitrogens with two attached hydrogens (primary N) is 1. The summed E-state index contributed by atoms with van der Waals surface area (Å²) in [5.41, 5.74) is 7.47. The monoisotopic (exact) mass is 421 g/mol. The number of nitrogens with one attached hydrogen (secondary N) is 1. The lowest BCUT2D eigenvalue weighted by molar-refractivity contribution is 0.0827. The van der Waals surface area contributed by atoms with Crippen LogP contribution in [-0.2, 0) is 4.74 Å². The molecule has 0 radical (unpaired) electrons. The van der Waals surface area contributed by atoms with E-state index in [1.54, 1.807) is 44.7 Å². The third-order valence-corrected chi connectivity index (χ3v) is 4.62. The largest absolute Gasteiger partial charge is 0.378 e. The van der Waals surface area contributed by atoms with E-state index in [4.69, 9.17) is 10.5 Å². The average Bonchev–Trinajstić information content (AvgIpc) is 2.79. The Labute approximate surface area is 179 Å². The molecule has 11 nitrogen and oxygen atoms in total. The Kier molecular flexibility index (Phi) is 5.85. The highest BCUT2D eigenvalue weighted by atomic mass is 16.5. The molecule has 0 saturated carbocycles. The van der Waals surface area contributed by atoms with Gasteiger partial charge < -0.3 is 25.6 Å². The Morgan fingerprint density at radius 1 is 1.13 bits per heavy atom. The first-order valence-corrected chi connectivity index (χ1v) is 9.75. The molecule has 1 saturated heterocycles. The summed E-state index contributed by atoms with van der Waals surface area (Å²) < 4.78 is 5.43. The van der Waals surface area contributed by atoms with Crippen molar-refractivity contribution >= 4 is 29.4 Å². The topological polar surface area (TPSA) is 135 Å². The van der Waals surface area contributed by atoms with Gasteiger partial charge in [0, 0.05) is 50.8 Å². The van der Waals surface area contributed by atoms with Crippen molar-refractivity contribution in [2.24, 2.45) is 0 Å². The molecule has 11 heteroatoms. The maximum atomic E-state index is 12.3.